The van der Waals surface area contributed by atoms with Crippen LogP contribution < -0.4 is 5.73 Å². The lowest BCUT2D eigenvalue weighted by Crippen LogP contribution is -2.16. The minimum absolute atomic E-state index is 0.0409. The molecule has 148 valence electrons. The molecule has 1 aromatic heterocycles. The first-order chi connectivity index (χ1) is 13.2. The van der Waals surface area contributed by atoms with E-state index in [0.29, 0.717) is 45.0 Å². The number of fused-ring (bicyclic) bond motifs is 1. The third-order valence-electron chi connectivity index (χ3n) is 4.36. The molecule has 3 rings (SSSR count). The van der Waals surface area contributed by atoms with Gasteiger partial charge in [-0.15, -0.1) is 11.8 Å². The summed E-state index contributed by atoms with van der Waals surface area (Å²) in [5, 5.41) is 10.1. The van der Waals surface area contributed by atoms with Gasteiger partial charge in [0.1, 0.15) is 0 Å². The normalized spacial score (nSPS) is 11.8. The first-order valence-electron chi connectivity index (χ1n) is 8.45. The number of carbonyl (C=O) groups is 1. The van der Waals surface area contributed by atoms with Crippen LogP contribution in [0.4, 0.5) is 5.69 Å². The van der Waals surface area contributed by atoms with E-state index < -0.39 is 16.0 Å². The molecule has 0 saturated carbocycles. The maximum Gasteiger partial charge on any atom is 0.303 e. The quantitative estimate of drug-likeness (QED) is 0.422. The van der Waals surface area contributed by atoms with Gasteiger partial charge in [-0.05, 0) is 61.6 Å². The molecule has 0 amide bonds. The molecule has 0 atom stereocenters. The van der Waals surface area contributed by atoms with Gasteiger partial charge in [0.2, 0.25) is 0 Å². The van der Waals surface area contributed by atoms with Crippen molar-refractivity contribution in [2.75, 3.05) is 12.0 Å². The molecule has 3 N–H and O–H groups in total. The maximum absolute atomic E-state index is 13.5. The lowest BCUT2D eigenvalue weighted by atomic mass is 10.2. The molecule has 2 aromatic carbocycles. The molecule has 28 heavy (non-hydrogen) atoms. The van der Waals surface area contributed by atoms with Gasteiger partial charge in [-0.3, -0.25) is 4.79 Å². The van der Waals surface area contributed by atoms with Crippen LogP contribution in [0.5, 0.6) is 0 Å². The lowest BCUT2D eigenvalue weighted by molar-refractivity contribution is -0.137. The number of aromatic nitrogens is 1. The van der Waals surface area contributed by atoms with Gasteiger partial charge >= 0.3 is 5.97 Å². The van der Waals surface area contributed by atoms with Crippen molar-refractivity contribution in [3.8, 4) is 0 Å². The maximum atomic E-state index is 13.5. The summed E-state index contributed by atoms with van der Waals surface area (Å²) in [7, 11) is -3.91. The molecule has 0 aliphatic rings. The molecular weight excluding hydrogens is 420 g/mol. The Labute approximate surface area is 172 Å². The summed E-state index contributed by atoms with van der Waals surface area (Å²) in [6.45, 7) is 0. The average Bonchev–Trinajstić information content (AvgIpc) is 2.99. The Hall–Kier alpha value is -2.16. The molecular formula is C19H19ClN2O4S2. The van der Waals surface area contributed by atoms with Crippen molar-refractivity contribution >= 4 is 55.9 Å². The summed E-state index contributed by atoms with van der Waals surface area (Å²) in [5.41, 5.74) is 7.42. The number of thioether (sulfide) groups is 1. The van der Waals surface area contributed by atoms with Crippen LogP contribution in [0.15, 0.2) is 52.3 Å². The largest absolute Gasteiger partial charge is 0.481 e. The van der Waals surface area contributed by atoms with Crippen LogP contribution in [0, 0.1) is 0 Å². The van der Waals surface area contributed by atoms with Gasteiger partial charge < -0.3 is 10.8 Å². The van der Waals surface area contributed by atoms with E-state index >= 15 is 0 Å². The van der Waals surface area contributed by atoms with E-state index in [1.165, 1.54) is 21.8 Å². The van der Waals surface area contributed by atoms with Crippen molar-refractivity contribution < 1.29 is 18.3 Å². The van der Waals surface area contributed by atoms with Crippen LogP contribution in [0.25, 0.3) is 10.9 Å². The van der Waals surface area contributed by atoms with Crippen molar-refractivity contribution in [1.29, 1.82) is 0 Å². The van der Waals surface area contributed by atoms with Gasteiger partial charge in [0, 0.05) is 33.1 Å². The van der Waals surface area contributed by atoms with E-state index in [-0.39, 0.29) is 11.3 Å². The standard InChI is InChI=1S/C19H19ClN2O4S2/c1-27-18-11-15(6-7-16(18)21)28(25,26)22-14(3-2-4-19(23)24)10-12-9-13(20)5-8-17(12)22/h5-11H,2-4,21H2,1H3,(H,23,24). The number of halogens is 1. The third-order valence-corrected chi connectivity index (χ3v) is 7.15. The number of aliphatic carboxylic acids is 1. The summed E-state index contributed by atoms with van der Waals surface area (Å²) in [6.07, 6.45) is 2.42. The molecule has 0 aliphatic heterocycles. The van der Waals surface area contributed by atoms with Crippen molar-refractivity contribution in [3.63, 3.8) is 0 Å². The van der Waals surface area contributed by atoms with E-state index in [1.807, 2.05) is 6.26 Å². The predicted octanol–water partition coefficient (Wildman–Crippen LogP) is 4.24. The zero-order chi connectivity index (χ0) is 20.5. The number of nitrogens with zero attached hydrogens (tertiary/aromatic N) is 1. The minimum atomic E-state index is -3.91. The van der Waals surface area contributed by atoms with Crippen molar-refractivity contribution in [3.05, 3.63) is 53.2 Å². The van der Waals surface area contributed by atoms with E-state index in [9.17, 15) is 13.2 Å². The smallest absolute Gasteiger partial charge is 0.303 e. The number of carboxylic acids is 1. The van der Waals surface area contributed by atoms with Crippen LogP contribution in [-0.4, -0.2) is 29.7 Å². The van der Waals surface area contributed by atoms with E-state index in [0.717, 1.165) is 0 Å². The zero-order valence-electron chi connectivity index (χ0n) is 15.1. The number of carboxylic acid groups (broad SMARTS) is 1. The van der Waals surface area contributed by atoms with E-state index in [2.05, 4.69) is 0 Å². The number of nitrogen functional groups attached to an aromatic ring is 1. The molecule has 9 heteroatoms. The molecule has 3 aromatic rings. The average molecular weight is 439 g/mol. The lowest BCUT2D eigenvalue weighted by Gasteiger charge is -2.13. The van der Waals surface area contributed by atoms with E-state index in [1.54, 1.807) is 36.4 Å². The highest BCUT2D eigenvalue weighted by molar-refractivity contribution is 7.98. The van der Waals surface area contributed by atoms with Gasteiger partial charge in [0.15, 0.2) is 0 Å². The molecule has 0 bridgehead atoms. The van der Waals surface area contributed by atoms with Crippen molar-refractivity contribution in [2.45, 2.75) is 29.1 Å². The fraction of sp³-hybridized carbons (Fsp3) is 0.211. The Morgan fingerprint density at radius 3 is 2.64 bits per heavy atom. The molecule has 0 aliphatic carbocycles. The number of anilines is 1. The van der Waals surface area contributed by atoms with Gasteiger partial charge in [-0.25, -0.2) is 12.4 Å². The SMILES string of the molecule is CSc1cc(S(=O)(=O)n2c(CCCC(=O)O)cc3cc(Cl)ccc32)ccc1N. The monoisotopic (exact) mass is 438 g/mol. The highest BCUT2D eigenvalue weighted by Crippen LogP contribution is 2.31. The molecule has 0 fully saturated rings. The Morgan fingerprint density at radius 2 is 1.96 bits per heavy atom. The van der Waals surface area contributed by atoms with Gasteiger partial charge in [0.05, 0.1) is 10.4 Å². The van der Waals surface area contributed by atoms with Crippen LogP contribution in [0.1, 0.15) is 18.5 Å². The van der Waals surface area contributed by atoms with Gasteiger partial charge in [-0.2, -0.15) is 0 Å². The van der Waals surface area contributed by atoms with E-state index in [4.69, 9.17) is 22.4 Å². The fourth-order valence-electron chi connectivity index (χ4n) is 3.05. The highest BCUT2D eigenvalue weighted by Gasteiger charge is 2.24. The number of rotatable bonds is 7. The van der Waals surface area contributed by atoms with Crippen LogP contribution in [0.2, 0.25) is 5.02 Å². The number of benzene rings is 2. The van der Waals surface area contributed by atoms with Crippen molar-refractivity contribution in [1.82, 2.24) is 3.97 Å². The van der Waals surface area contributed by atoms with Gasteiger partial charge in [0.25, 0.3) is 10.0 Å². The molecule has 0 saturated heterocycles. The topological polar surface area (TPSA) is 102 Å². The Kier molecular flexibility index (Phi) is 5.92. The predicted molar refractivity (Wildman–Crippen MR) is 113 cm³/mol. The number of hydrogen-bond acceptors (Lipinski definition) is 5. The Bertz CT molecular complexity index is 1160. The second kappa shape index (κ2) is 8.06. The summed E-state index contributed by atoms with van der Waals surface area (Å²) >= 11 is 7.43. The molecule has 0 spiro atoms. The van der Waals surface area contributed by atoms with Crippen LogP contribution in [-0.2, 0) is 21.2 Å². The fourth-order valence-corrected chi connectivity index (χ4v) is 5.45. The van der Waals surface area contributed by atoms with Crippen LogP contribution >= 0.6 is 23.4 Å². The number of aryl methyl sites for hydroxylation is 1. The Morgan fingerprint density at radius 1 is 1.21 bits per heavy atom. The van der Waals surface area contributed by atoms with Crippen LogP contribution in [0.3, 0.4) is 0 Å². The number of hydrogen-bond donors (Lipinski definition) is 2. The van der Waals surface area contributed by atoms with Gasteiger partial charge in [-0.1, -0.05) is 11.6 Å². The molecule has 0 radical (unpaired) electrons. The molecule has 1 heterocycles. The van der Waals surface area contributed by atoms with Crippen molar-refractivity contribution in [2.24, 2.45) is 0 Å². The second-order valence-electron chi connectivity index (χ2n) is 6.26. The molecule has 6 nitrogen and oxygen atoms in total. The molecule has 0 unspecified atom stereocenters. The zero-order valence-corrected chi connectivity index (χ0v) is 17.4. The first-order valence-corrected chi connectivity index (χ1v) is 11.5. The minimum Gasteiger partial charge on any atom is -0.481 e. The highest BCUT2D eigenvalue weighted by atomic mass is 35.5. The third kappa shape index (κ3) is 3.99. The summed E-state index contributed by atoms with van der Waals surface area (Å²) < 4.78 is 28.2. The summed E-state index contributed by atoms with van der Waals surface area (Å²) in [4.78, 5) is 11.7. The number of nitrogens with two attached hydrogens (primary N) is 1. The summed E-state index contributed by atoms with van der Waals surface area (Å²) in [6, 6.07) is 11.3. The summed E-state index contributed by atoms with van der Waals surface area (Å²) in [5.74, 6) is -0.920. The first kappa shape index (κ1) is 20.6. The Balaban J connectivity index is 2.17. The second-order valence-corrected chi connectivity index (χ2v) is 9.33.